The van der Waals surface area contributed by atoms with Gasteiger partial charge in [0, 0.05) is 24.5 Å². The second-order valence-corrected chi connectivity index (χ2v) is 8.62. The van der Waals surface area contributed by atoms with Gasteiger partial charge in [0.15, 0.2) is 0 Å². The summed E-state index contributed by atoms with van der Waals surface area (Å²) in [6.45, 7) is 4.71. The summed E-state index contributed by atoms with van der Waals surface area (Å²) in [5.74, 6) is 1.24. The van der Waals surface area contributed by atoms with Gasteiger partial charge in [-0.05, 0) is 73.6 Å². The minimum Gasteiger partial charge on any atom is -0.489 e. The normalized spacial score (nSPS) is 14.9. The molecule has 1 aliphatic rings. The zero-order chi connectivity index (χ0) is 21.1. The van der Waals surface area contributed by atoms with Crippen LogP contribution in [-0.2, 0) is 17.9 Å². The number of halogens is 1. The second kappa shape index (κ2) is 9.03. The smallest absolute Gasteiger partial charge is 0.131 e. The zero-order valence-corrected chi connectivity index (χ0v) is 17.9. The van der Waals surface area contributed by atoms with Crippen molar-refractivity contribution < 1.29 is 13.9 Å². The number of hydrogen-bond donors (Lipinski definition) is 0. The molecule has 0 N–H and O–H groups in total. The molecule has 3 aromatic rings. The lowest BCUT2D eigenvalue weighted by Gasteiger charge is -2.22. The number of carbonyl (C=O) groups excluding carboxylic acids is 1. The molecule has 3 nitrogen and oxygen atoms in total. The van der Waals surface area contributed by atoms with Crippen molar-refractivity contribution >= 4 is 16.7 Å². The molecule has 30 heavy (non-hydrogen) atoms. The maximum atomic E-state index is 14.7. The van der Waals surface area contributed by atoms with Crippen molar-refractivity contribution in [3.05, 3.63) is 65.1 Å². The van der Waals surface area contributed by atoms with Crippen LogP contribution >= 0.6 is 0 Å². The third-order valence-corrected chi connectivity index (χ3v) is 6.24. The Labute approximate surface area is 177 Å². The van der Waals surface area contributed by atoms with E-state index in [0.717, 1.165) is 46.2 Å². The van der Waals surface area contributed by atoms with Crippen LogP contribution in [0, 0.1) is 12.7 Å². The number of benzene rings is 2. The maximum Gasteiger partial charge on any atom is 0.131 e. The number of rotatable bonds is 7. The molecule has 4 heteroatoms. The molecule has 1 saturated carbocycles. The fourth-order valence-corrected chi connectivity index (χ4v) is 4.66. The highest BCUT2D eigenvalue weighted by molar-refractivity contribution is 5.85. The van der Waals surface area contributed by atoms with Crippen LogP contribution in [0.25, 0.3) is 10.9 Å². The summed E-state index contributed by atoms with van der Waals surface area (Å²) >= 11 is 0. The molecule has 1 aliphatic carbocycles. The summed E-state index contributed by atoms with van der Waals surface area (Å²) < 4.78 is 22.8. The summed E-state index contributed by atoms with van der Waals surface area (Å²) in [5.41, 5.74) is 3.95. The zero-order valence-electron chi connectivity index (χ0n) is 17.9. The van der Waals surface area contributed by atoms with Gasteiger partial charge >= 0.3 is 0 Å². The Bertz CT molecular complexity index is 1050. The van der Waals surface area contributed by atoms with E-state index in [4.69, 9.17) is 4.74 Å². The number of aryl methyl sites for hydroxylation is 2. The van der Waals surface area contributed by atoms with Crippen molar-refractivity contribution in [3.8, 4) is 5.75 Å². The number of ketones is 1. The minimum atomic E-state index is -0.0998. The van der Waals surface area contributed by atoms with E-state index in [1.807, 2.05) is 36.5 Å². The lowest BCUT2D eigenvalue weighted by molar-refractivity contribution is -0.117. The highest BCUT2D eigenvalue weighted by Crippen LogP contribution is 2.34. The van der Waals surface area contributed by atoms with Crippen LogP contribution in [0.15, 0.2) is 42.6 Å². The van der Waals surface area contributed by atoms with Gasteiger partial charge in [0.2, 0.25) is 0 Å². The van der Waals surface area contributed by atoms with Gasteiger partial charge in [-0.3, -0.25) is 4.79 Å². The standard InChI is InChI=1S/C26H30FNO2/c1-18-14-23(16-22-11-13-28(26(18)22)12-10-19(2)29)30-17-20-8-9-24(25(27)15-20)21-6-4-3-5-7-21/h8-9,11,13-16,21H,3-7,10,12,17H2,1-2H3. The molecule has 1 fully saturated rings. The van der Waals surface area contributed by atoms with Gasteiger partial charge in [-0.1, -0.05) is 31.4 Å². The van der Waals surface area contributed by atoms with Gasteiger partial charge in [0.25, 0.3) is 0 Å². The first kappa shape index (κ1) is 20.6. The molecule has 0 saturated heterocycles. The third kappa shape index (κ3) is 4.58. The monoisotopic (exact) mass is 407 g/mol. The van der Waals surface area contributed by atoms with Gasteiger partial charge < -0.3 is 9.30 Å². The quantitative estimate of drug-likeness (QED) is 0.437. The summed E-state index contributed by atoms with van der Waals surface area (Å²) in [6.07, 6.45) is 8.42. The number of nitrogens with zero attached hydrogens (tertiary/aromatic N) is 1. The molecule has 158 valence electrons. The van der Waals surface area contributed by atoms with Crippen LogP contribution in [-0.4, -0.2) is 10.4 Å². The Balaban J connectivity index is 1.45. The number of ether oxygens (including phenoxy) is 1. The van der Waals surface area contributed by atoms with E-state index in [2.05, 4.69) is 11.5 Å². The van der Waals surface area contributed by atoms with Crippen molar-refractivity contribution in [1.82, 2.24) is 4.57 Å². The van der Waals surface area contributed by atoms with Gasteiger partial charge in [0.1, 0.15) is 24.0 Å². The Morgan fingerprint density at radius 3 is 2.67 bits per heavy atom. The Kier molecular flexibility index (Phi) is 6.21. The number of fused-ring (bicyclic) bond motifs is 1. The maximum absolute atomic E-state index is 14.7. The van der Waals surface area contributed by atoms with Gasteiger partial charge in [0.05, 0.1) is 5.52 Å². The predicted octanol–water partition coefficient (Wildman–Crippen LogP) is 6.69. The highest BCUT2D eigenvalue weighted by Gasteiger charge is 2.19. The van der Waals surface area contributed by atoms with E-state index >= 15 is 0 Å². The summed E-state index contributed by atoms with van der Waals surface area (Å²) in [6, 6.07) is 11.7. The van der Waals surface area contributed by atoms with Crippen LogP contribution in [0.5, 0.6) is 5.75 Å². The average molecular weight is 408 g/mol. The first-order valence-electron chi connectivity index (χ1n) is 11.0. The van der Waals surface area contributed by atoms with Crippen LogP contribution in [0.1, 0.15) is 68.1 Å². The van der Waals surface area contributed by atoms with Crippen LogP contribution < -0.4 is 4.74 Å². The minimum absolute atomic E-state index is 0.0998. The third-order valence-electron chi connectivity index (χ3n) is 6.24. The van der Waals surface area contributed by atoms with E-state index < -0.39 is 0 Å². The fourth-order valence-electron chi connectivity index (χ4n) is 4.66. The number of aromatic nitrogens is 1. The van der Waals surface area contributed by atoms with Crippen molar-refractivity contribution in [2.24, 2.45) is 0 Å². The first-order valence-corrected chi connectivity index (χ1v) is 11.0. The van der Waals surface area contributed by atoms with Crippen molar-refractivity contribution in [2.45, 2.75) is 71.4 Å². The lowest BCUT2D eigenvalue weighted by atomic mass is 9.83. The molecule has 4 rings (SSSR count). The second-order valence-electron chi connectivity index (χ2n) is 8.62. The molecule has 0 spiro atoms. The molecule has 0 radical (unpaired) electrons. The molecule has 2 aromatic carbocycles. The van der Waals surface area contributed by atoms with Crippen molar-refractivity contribution in [3.63, 3.8) is 0 Å². The number of hydrogen-bond acceptors (Lipinski definition) is 2. The van der Waals surface area contributed by atoms with Gasteiger partial charge in [-0.2, -0.15) is 0 Å². The molecule has 0 atom stereocenters. The van der Waals surface area contributed by atoms with Crippen molar-refractivity contribution in [2.75, 3.05) is 0 Å². The molecular formula is C26H30FNO2. The van der Waals surface area contributed by atoms with E-state index in [1.54, 1.807) is 13.0 Å². The molecule has 1 heterocycles. The summed E-state index contributed by atoms with van der Waals surface area (Å²) in [7, 11) is 0. The molecule has 0 unspecified atom stereocenters. The largest absolute Gasteiger partial charge is 0.489 e. The SMILES string of the molecule is CC(=O)CCn1ccc2cc(OCc3ccc(C4CCCCC4)c(F)c3)cc(C)c21. The van der Waals surface area contributed by atoms with Gasteiger partial charge in [-0.25, -0.2) is 4.39 Å². The van der Waals surface area contributed by atoms with Crippen LogP contribution in [0.4, 0.5) is 4.39 Å². The topological polar surface area (TPSA) is 31.2 Å². The van der Waals surface area contributed by atoms with Crippen LogP contribution in [0.3, 0.4) is 0 Å². The van der Waals surface area contributed by atoms with E-state index in [-0.39, 0.29) is 11.6 Å². The molecule has 0 amide bonds. The Morgan fingerprint density at radius 2 is 1.93 bits per heavy atom. The first-order chi connectivity index (χ1) is 14.5. The lowest BCUT2D eigenvalue weighted by Crippen LogP contribution is -2.07. The number of Topliss-reactive ketones (excluding diaryl/α,β-unsaturated/α-hetero) is 1. The molecule has 0 aliphatic heterocycles. The predicted molar refractivity (Wildman–Crippen MR) is 119 cm³/mol. The van der Waals surface area contributed by atoms with E-state index in [1.165, 1.54) is 19.3 Å². The van der Waals surface area contributed by atoms with Crippen molar-refractivity contribution in [1.29, 1.82) is 0 Å². The summed E-state index contributed by atoms with van der Waals surface area (Å²) in [4.78, 5) is 11.3. The molecule has 1 aromatic heterocycles. The highest BCUT2D eigenvalue weighted by atomic mass is 19.1. The Hall–Kier alpha value is -2.62. The molecular weight excluding hydrogens is 377 g/mol. The van der Waals surface area contributed by atoms with E-state index in [0.29, 0.717) is 25.5 Å². The fraction of sp³-hybridized carbons (Fsp3) is 0.423. The Morgan fingerprint density at radius 1 is 1.13 bits per heavy atom. The number of carbonyl (C=O) groups is 1. The summed E-state index contributed by atoms with van der Waals surface area (Å²) in [5, 5.41) is 1.09. The van der Waals surface area contributed by atoms with E-state index in [9.17, 15) is 9.18 Å². The molecule has 0 bridgehead atoms. The average Bonchev–Trinajstić information content (AvgIpc) is 3.15. The van der Waals surface area contributed by atoms with Crippen LogP contribution in [0.2, 0.25) is 0 Å². The van der Waals surface area contributed by atoms with Gasteiger partial charge in [-0.15, -0.1) is 0 Å².